The summed E-state index contributed by atoms with van der Waals surface area (Å²) in [6.07, 6.45) is 0.847. The molecule has 0 aromatic carbocycles. The zero-order chi connectivity index (χ0) is 10.7. The fraction of sp³-hybridized carbons (Fsp3) is 0.778. The number of nitrogens with two attached hydrogens (primary N) is 1. The van der Waals surface area contributed by atoms with Crippen LogP contribution in [0.3, 0.4) is 0 Å². The smallest absolute Gasteiger partial charge is 0.313 e. The van der Waals surface area contributed by atoms with Gasteiger partial charge in [0, 0.05) is 12.0 Å². The molecule has 0 aliphatic carbocycles. The van der Waals surface area contributed by atoms with Crippen LogP contribution in [0.25, 0.3) is 0 Å². The fourth-order valence-corrected chi connectivity index (χ4v) is 0.917. The van der Waals surface area contributed by atoms with Gasteiger partial charge in [0.25, 0.3) is 0 Å². The molecule has 0 radical (unpaired) electrons. The van der Waals surface area contributed by atoms with E-state index in [4.69, 9.17) is 5.73 Å². The number of hydrogen-bond acceptors (Lipinski definition) is 4. The molecule has 13 heavy (non-hydrogen) atoms. The zero-order valence-corrected chi connectivity index (χ0v) is 8.59. The van der Waals surface area contributed by atoms with Gasteiger partial charge in [-0.05, 0) is 20.8 Å². The van der Waals surface area contributed by atoms with E-state index in [2.05, 4.69) is 4.74 Å². The highest BCUT2D eigenvalue weighted by molar-refractivity contribution is 5.78. The molecule has 4 heteroatoms. The molecule has 0 saturated carbocycles. The standard InChI is InChI=1S/C9H17NO3/c1-8(2,7(12)13-4)9(3,10)5-6-11/h6H,5,10H2,1-4H3. The van der Waals surface area contributed by atoms with E-state index in [-0.39, 0.29) is 6.42 Å². The van der Waals surface area contributed by atoms with E-state index < -0.39 is 16.9 Å². The molecule has 0 rings (SSSR count). The highest BCUT2D eigenvalue weighted by Crippen LogP contribution is 2.31. The summed E-state index contributed by atoms with van der Waals surface area (Å²) in [6, 6.07) is 0. The van der Waals surface area contributed by atoms with Crippen molar-refractivity contribution in [2.24, 2.45) is 11.1 Å². The van der Waals surface area contributed by atoms with E-state index in [0.29, 0.717) is 6.29 Å². The van der Waals surface area contributed by atoms with Crippen molar-refractivity contribution < 1.29 is 14.3 Å². The van der Waals surface area contributed by atoms with Crippen molar-refractivity contribution in [2.75, 3.05) is 7.11 Å². The quantitative estimate of drug-likeness (QED) is 0.513. The molecule has 0 fully saturated rings. The minimum atomic E-state index is -0.873. The van der Waals surface area contributed by atoms with Crippen molar-refractivity contribution >= 4 is 12.3 Å². The molecule has 1 unspecified atom stereocenters. The van der Waals surface area contributed by atoms with Gasteiger partial charge in [0.2, 0.25) is 0 Å². The van der Waals surface area contributed by atoms with E-state index in [1.54, 1.807) is 20.8 Å². The Morgan fingerprint density at radius 3 is 2.23 bits per heavy atom. The topological polar surface area (TPSA) is 69.4 Å². The second-order valence-electron chi connectivity index (χ2n) is 3.90. The zero-order valence-electron chi connectivity index (χ0n) is 8.59. The van der Waals surface area contributed by atoms with E-state index in [1.165, 1.54) is 7.11 Å². The lowest BCUT2D eigenvalue weighted by Crippen LogP contribution is -2.54. The van der Waals surface area contributed by atoms with Crippen molar-refractivity contribution in [2.45, 2.75) is 32.7 Å². The Hall–Kier alpha value is -0.900. The predicted octanol–water partition coefficient (Wildman–Crippen LogP) is 0.492. The Balaban J connectivity index is 4.78. The van der Waals surface area contributed by atoms with Crippen LogP contribution in [0, 0.1) is 5.41 Å². The summed E-state index contributed by atoms with van der Waals surface area (Å²) in [5.74, 6) is -0.403. The molecule has 4 nitrogen and oxygen atoms in total. The summed E-state index contributed by atoms with van der Waals surface area (Å²) in [6.45, 7) is 5.00. The summed E-state index contributed by atoms with van der Waals surface area (Å²) >= 11 is 0. The van der Waals surface area contributed by atoms with Crippen LogP contribution in [-0.4, -0.2) is 24.9 Å². The molecule has 0 spiro atoms. The minimum absolute atomic E-state index is 0.134. The molecular formula is C9H17NO3. The van der Waals surface area contributed by atoms with E-state index in [0.717, 1.165) is 0 Å². The van der Waals surface area contributed by atoms with Gasteiger partial charge in [-0.25, -0.2) is 0 Å². The van der Waals surface area contributed by atoms with Crippen molar-refractivity contribution in [3.63, 3.8) is 0 Å². The van der Waals surface area contributed by atoms with Gasteiger partial charge < -0.3 is 15.3 Å². The number of carbonyl (C=O) groups is 2. The lowest BCUT2D eigenvalue weighted by molar-refractivity contribution is -0.154. The third kappa shape index (κ3) is 2.28. The molecule has 0 aliphatic heterocycles. The number of rotatable bonds is 4. The van der Waals surface area contributed by atoms with Crippen molar-refractivity contribution in [3.8, 4) is 0 Å². The molecule has 0 amide bonds. The Bertz CT molecular complexity index is 209. The normalized spacial score (nSPS) is 16.1. The van der Waals surface area contributed by atoms with Gasteiger partial charge in [0.15, 0.2) is 0 Å². The van der Waals surface area contributed by atoms with Crippen LogP contribution in [-0.2, 0) is 14.3 Å². The van der Waals surface area contributed by atoms with Gasteiger partial charge in [0.1, 0.15) is 6.29 Å². The summed E-state index contributed by atoms with van der Waals surface area (Å²) in [7, 11) is 1.31. The summed E-state index contributed by atoms with van der Waals surface area (Å²) in [4.78, 5) is 21.7. The molecule has 2 N–H and O–H groups in total. The number of esters is 1. The van der Waals surface area contributed by atoms with Crippen LogP contribution in [0.1, 0.15) is 27.2 Å². The Morgan fingerprint density at radius 2 is 1.92 bits per heavy atom. The van der Waals surface area contributed by atoms with Crippen LogP contribution in [0.5, 0.6) is 0 Å². The lowest BCUT2D eigenvalue weighted by Gasteiger charge is -2.37. The van der Waals surface area contributed by atoms with Gasteiger partial charge in [-0.2, -0.15) is 0 Å². The van der Waals surface area contributed by atoms with Crippen molar-refractivity contribution in [1.82, 2.24) is 0 Å². The number of methoxy groups -OCH3 is 1. The monoisotopic (exact) mass is 187 g/mol. The summed E-state index contributed by atoms with van der Waals surface area (Å²) in [5.41, 5.74) is 4.12. The van der Waals surface area contributed by atoms with E-state index in [9.17, 15) is 9.59 Å². The van der Waals surface area contributed by atoms with Crippen LogP contribution in [0.2, 0.25) is 0 Å². The van der Waals surface area contributed by atoms with Gasteiger partial charge in [0.05, 0.1) is 12.5 Å². The molecule has 0 bridgehead atoms. The van der Waals surface area contributed by atoms with Gasteiger partial charge in [-0.3, -0.25) is 4.79 Å². The predicted molar refractivity (Wildman–Crippen MR) is 49.1 cm³/mol. The average molecular weight is 187 g/mol. The lowest BCUT2D eigenvalue weighted by atomic mass is 9.72. The Kier molecular flexibility index (Phi) is 3.60. The van der Waals surface area contributed by atoms with Crippen molar-refractivity contribution in [1.29, 1.82) is 0 Å². The minimum Gasteiger partial charge on any atom is -0.469 e. The first kappa shape index (κ1) is 12.1. The second kappa shape index (κ2) is 3.87. The van der Waals surface area contributed by atoms with Crippen molar-refractivity contribution in [3.05, 3.63) is 0 Å². The summed E-state index contributed by atoms with van der Waals surface area (Å²) in [5, 5.41) is 0. The average Bonchev–Trinajstić information content (AvgIpc) is 2.02. The van der Waals surface area contributed by atoms with Gasteiger partial charge in [-0.1, -0.05) is 0 Å². The first-order valence-corrected chi connectivity index (χ1v) is 4.10. The maximum Gasteiger partial charge on any atom is 0.313 e. The second-order valence-corrected chi connectivity index (χ2v) is 3.90. The number of hydrogen-bond donors (Lipinski definition) is 1. The van der Waals surface area contributed by atoms with E-state index in [1.807, 2.05) is 0 Å². The number of aldehydes is 1. The molecule has 0 saturated heterocycles. The first-order chi connectivity index (χ1) is 5.79. The fourth-order valence-electron chi connectivity index (χ4n) is 0.917. The van der Waals surface area contributed by atoms with Crippen LogP contribution in [0.15, 0.2) is 0 Å². The molecule has 1 atom stereocenters. The number of ether oxygens (including phenoxy) is 1. The molecule has 76 valence electrons. The third-order valence-corrected chi connectivity index (χ3v) is 2.63. The van der Waals surface area contributed by atoms with Crippen LogP contribution in [0.4, 0.5) is 0 Å². The third-order valence-electron chi connectivity index (χ3n) is 2.63. The highest BCUT2D eigenvalue weighted by atomic mass is 16.5. The van der Waals surface area contributed by atoms with Gasteiger partial charge in [-0.15, -0.1) is 0 Å². The Labute approximate surface area is 78.4 Å². The SMILES string of the molecule is COC(=O)C(C)(C)C(C)(N)CC=O. The maximum absolute atomic E-state index is 11.3. The molecule has 0 heterocycles. The summed E-state index contributed by atoms with van der Waals surface area (Å²) < 4.78 is 4.61. The maximum atomic E-state index is 11.3. The van der Waals surface area contributed by atoms with Crippen LogP contribution < -0.4 is 5.73 Å². The largest absolute Gasteiger partial charge is 0.469 e. The molecule has 0 aromatic rings. The molecular weight excluding hydrogens is 170 g/mol. The highest BCUT2D eigenvalue weighted by Gasteiger charge is 2.44. The van der Waals surface area contributed by atoms with Crippen LogP contribution >= 0.6 is 0 Å². The number of carbonyl (C=O) groups excluding carboxylic acids is 2. The molecule has 0 aliphatic rings. The Morgan fingerprint density at radius 1 is 1.46 bits per heavy atom. The van der Waals surface area contributed by atoms with E-state index >= 15 is 0 Å². The first-order valence-electron chi connectivity index (χ1n) is 4.10. The van der Waals surface area contributed by atoms with Gasteiger partial charge >= 0.3 is 5.97 Å². The molecule has 0 aromatic heterocycles.